The average Bonchev–Trinajstić information content (AvgIpc) is 3.20. The number of hydrogen-bond acceptors (Lipinski definition) is 4. The molecule has 1 saturated heterocycles. The molecular weight excluding hydrogens is 266 g/mol. The summed E-state index contributed by atoms with van der Waals surface area (Å²) in [6.45, 7) is 5.91. The Balaban J connectivity index is 1.81. The summed E-state index contributed by atoms with van der Waals surface area (Å²) in [5.74, 6) is 0. The summed E-state index contributed by atoms with van der Waals surface area (Å²) in [5, 5.41) is 7.21. The second kappa shape index (κ2) is 6.54. The lowest BCUT2D eigenvalue weighted by Crippen LogP contribution is -2.60. The van der Waals surface area contributed by atoms with Gasteiger partial charge in [-0.25, -0.2) is 4.98 Å². The normalized spacial score (nSPS) is 24.2. The second-order valence-corrected chi connectivity index (χ2v) is 7.22. The van der Waals surface area contributed by atoms with Gasteiger partial charge >= 0.3 is 0 Å². The minimum atomic E-state index is 0.401. The predicted molar refractivity (Wildman–Crippen MR) is 85.3 cm³/mol. The predicted octanol–water partition coefficient (Wildman–Crippen LogP) is 3.07. The summed E-state index contributed by atoms with van der Waals surface area (Å²) in [7, 11) is 0. The number of thiazole rings is 1. The summed E-state index contributed by atoms with van der Waals surface area (Å²) in [6, 6.07) is 0.569. The Labute approximate surface area is 126 Å². The van der Waals surface area contributed by atoms with E-state index in [1.165, 1.54) is 56.6 Å². The van der Waals surface area contributed by atoms with Gasteiger partial charge in [0, 0.05) is 29.6 Å². The van der Waals surface area contributed by atoms with Crippen LogP contribution in [0.3, 0.4) is 0 Å². The topological polar surface area (TPSA) is 28.2 Å². The molecule has 0 bridgehead atoms. The zero-order valence-electron chi connectivity index (χ0n) is 12.6. The van der Waals surface area contributed by atoms with E-state index in [-0.39, 0.29) is 0 Å². The van der Waals surface area contributed by atoms with Gasteiger partial charge in [-0.15, -0.1) is 11.3 Å². The molecule has 0 radical (unpaired) electrons. The van der Waals surface area contributed by atoms with Gasteiger partial charge in [0.15, 0.2) is 0 Å². The first-order valence-electron chi connectivity index (χ1n) is 8.22. The van der Waals surface area contributed by atoms with Crippen molar-refractivity contribution < 1.29 is 0 Å². The van der Waals surface area contributed by atoms with Gasteiger partial charge in [0.25, 0.3) is 0 Å². The van der Waals surface area contributed by atoms with Crippen molar-refractivity contribution >= 4 is 11.3 Å². The SMILES string of the molecule is CCNC(Cc1nccs1)C1(N2CCCC2)CCCC1. The van der Waals surface area contributed by atoms with Crippen molar-refractivity contribution in [1.29, 1.82) is 0 Å². The highest BCUT2D eigenvalue weighted by atomic mass is 32.1. The zero-order valence-corrected chi connectivity index (χ0v) is 13.4. The van der Waals surface area contributed by atoms with E-state index in [0.29, 0.717) is 11.6 Å². The molecule has 1 aliphatic carbocycles. The Morgan fingerprint density at radius 2 is 2.05 bits per heavy atom. The van der Waals surface area contributed by atoms with Crippen molar-refractivity contribution in [1.82, 2.24) is 15.2 Å². The molecule has 112 valence electrons. The molecule has 0 spiro atoms. The summed E-state index contributed by atoms with van der Waals surface area (Å²) >= 11 is 1.81. The number of rotatable bonds is 6. The molecule has 1 aliphatic heterocycles. The number of nitrogens with zero attached hydrogens (tertiary/aromatic N) is 2. The third kappa shape index (κ3) is 2.78. The quantitative estimate of drug-likeness (QED) is 0.873. The minimum absolute atomic E-state index is 0.401. The van der Waals surface area contributed by atoms with E-state index in [2.05, 4.69) is 27.5 Å². The lowest BCUT2D eigenvalue weighted by atomic mass is 9.84. The van der Waals surface area contributed by atoms with Crippen LogP contribution in [0.4, 0.5) is 0 Å². The van der Waals surface area contributed by atoms with Gasteiger partial charge in [-0.2, -0.15) is 0 Å². The van der Waals surface area contributed by atoms with Crippen molar-refractivity contribution in [2.24, 2.45) is 0 Å². The molecule has 2 aliphatic rings. The average molecular weight is 293 g/mol. The fourth-order valence-corrected chi connectivity index (χ4v) is 4.93. The van der Waals surface area contributed by atoms with Crippen LogP contribution in [-0.4, -0.2) is 41.1 Å². The minimum Gasteiger partial charge on any atom is -0.312 e. The molecule has 1 atom stereocenters. The Bertz CT molecular complexity index is 392. The summed E-state index contributed by atoms with van der Waals surface area (Å²) in [6.07, 6.45) is 11.4. The molecule has 20 heavy (non-hydrogen) atoms. The first kappa shape index (κ1) is 14.5. The van der Waals surface area contributed by atoms with E-state index in [1.54, 1.807) is 0 Å². The molecule has 1 saturated carbocycles. The van der Waals surface area contributed by atoms with Gasteiger partial charge in [0.1, 0.15) is 0 Å². The molecule has 4 heteroatoms. The highest BCUT2D eigenvalue weighted by molar-refractivity contribution is 7.09. The summed E-state index contributed by atoms with van der Waals surface area (Å²) in [5.41, 5.74) is 0.401. The number of aromatic nitrogens is 1. The third-order valence-corrected chi connectivity index (χ3v) is 5.97. The van der Waals surface area contributed by atoms with Crippen LogP contribution in [0.5, 0.6) is 0 Å². The molecule has 3 rings (SSSR count). The summed E-state index contributed by atoms with van der Waals surface area (Å²) in [4.78, 5) is 7.33. The number of hydrogen-bond donors (Lipinski definition) is 1. The first-order valence-corrected chi connectivity index (χ1v) is 9.10. The molecule has 1 unspecified atom stereocenters. The molecule has 0 amide bonds. The van der Waals surface area contributed by atoms with Gasteiger partial charge in [0.2, 0.25) is 0 Å². The smallest absolute Gasteiger partial charge is 0.0941 e. The maximum atomic E-state index is 4.53. The van der Waals surface area contributed by atoms with Crippen molar-refractivity contribution in [2.75, 3.05) is 19.6 Å². The van der Waals surface area contributed by atoms with Crippen LogP contribution in [0.2, 0.25) is 0 Å². The Hall–Kier alpha value is -0.450. The van der Waals surface area contributed by atoms with Gasteiger partial charge in [-0.3, -0.25) is 4.90 Å². The van der Waals surface area contributed by atoms with Crippen LogP contribution >= 0.6 is 11.3 Å². The van der Waals surface area contributed by atoms with Crippen molar-refractivity contribution in [3.8, 4) is 0 Å². The van der Waals surface area contributed by atoms with Crippen LogP contribution in [0.25, 0.3) is 0 Å². The van der Waals surface area contributed by atoms with E-state index >= 15 is 0 Å². The van der Waals surface area contributed by atoms with Crippen LogP contribution in [0.1, 0.15) is 50.5 Å². The highest BCUT2D eigenvalue weighted by Gasteiger charge is 2.46. The Morgan fingerprint density at radius 1 is 1.30 bits per heavy atom. The van der Waals surface area contributed by atoms with Crippen molar-refractivity contribution in [3.63, 3.8) is 0 Å². The van der Waals surface area contributed by atoms with Crippen LogP contribution in [0.15, 0.2) is 11.6 Å². The fraction of sp³-hybridized carbons (Fsp3) is 0.812. The van der Waals surface area contributed by atoms with Gasteiger partial charge < -0.3 is 5.32 Å². The molecule has 2 fully saturated rings. The molecule has 1 N–H and O–H groups in total. The lowest BCUT2D eigenvalue weighted by Gasteiger charge is -2.45. The standard InChI is InChI=1S/C16H27N3S/c1-2-17-14(13-15-18-9-12-20-15)16(7-3-4-8-16)19-10-5-6-11-19/h9,12,14,17H,2-8,10-11,13H2,1H3. The van der Waals surface area contributed by atoms with Crippen LogP contribution in [-0.2, 0) is 6.42 Å². The van der Waals surface area contributed by atoms with Crippen molar-refractivity contribution in [2.45, 2.75) is 63.5 Å². The van der Waals surface area contributed by atoms with Crippen LogP contribution < -0.4 is 5.32 Å². The Kier molecular flexibility index (Phi) is 4.74. The summed E-state index contributed by atoms with van der Waals surface area (Å²) < 4.78 is 0. The van der Waals surface area contributed by atoms with E-state index in [9.17, 15) is 0 Å². The number of nitrogens with one attached hydrogen (secondary N) is 1. The van der Waals surface area contributed by atoms with Crippen molar-refractivity contribution in [3.05, 3.63) is 16.6 Å². The first-order chi connectivity index (χ1) is 9.85. The number of likely N-dealkylation sites (tertiary alicyclic amines) is 1. The highest BCUT2D eigenvalue weighted by Crippen LogP contribution is 2.41. The zero-order chi connectivity index (χ0) is 13.8. The maximum absolute atomic E-state index is 4.53. The van der Waals surface area contributed by atoms with Crippen LogP contribution in [0, 0.1) is 0 Å². The van der Waals surface area contributed by atoms with E-state index in [1.807, 2.05) is 17.5 Å². The maximum Gasteiger partial charge on any atom is 0.0941 e. The molecule has 3 nitrogen and oxygen atoms in total. The number of likely N-dealkylation sites (N-methyl/N-ethyl adjacent to an activating group) is 1. The largest absolute Gasteiger partial charge is 0.312 e. The van der Waals surface area contributed by atoms with E-state index < -0.39 is 0 Å². The van der Waals surface area contributed by atoms with Gasteiger partial charge in [-0.1, -0.05) is 19.8 Å². The lowest BCUT2D eigenvalue weighted by molar-refractivity contribution is 0.0772. The molecule has 1 aromatic rings. The van der Waals surface area contributed by atoms with Gasteiger partial charge in [-0.05, 0) is 45.3 Å². The molecule has 2 heterocycles. The van der Waals surface area contributed by atoms with E-state index in [4.69, 9.17) is 0 Å². The van der Waals surface area contributed by atoms with E-state index in [0.717, 1.165) is 13.0 Å². The third-order valence-electron chi connectivity index (χ3n) is 5.17. The molecule has 1 aromatic heterocycles. The molecule has 0 aromatic carbocycles. The second-order valence-electron chi connectivity index (χ2n) is 6.25. The fourth-order valence-electron chi connectivity index (χ4n) is 4.26. The van der Waals surface area contributed by atoms with Gasteiger partial charge in [0.05, 0.1) is 5.01 Å². The Morgan fingerprint density at radius 3 is 2.65 bits per heavy atom. The molecular formula is C16H27N3S. The monoisotopic (exact) mass is 293 g/mol.